The molecule has 2 rings (SSSR count). The van der Waals surface area contributed by atoms with Crippen molar-refractivity contribution in [3.63, 3.8) is 0 Å². The van der Waals surface area contributed by atoms with Crippen LogP contribution in [0.25, 0.3) is 6.08 Å². The first-order chi connectivity index (χ1) is 11.4. The molecule has 0 amide bonds. The quantitative estimate of drug-likeness (QED) is 0.455. The van der Waals surface area contributed by atoms with E-state index in [2.05, 4.69) is 13.8 Å². The molecular formula is C18H17NO4S. The van der Waals surface area contributed by atoms with Gasteiger partial charge in [-0.2, -0.15) is 0 Å². The maximum Gasteiger partial charge on any atom is 0.328 e. The normalized spacial score (nSPS) is 11.1. The molecule has 0 aliphatic heterocycles. The molecule has 2 aromatic rings. The fourth-order valence-corrected chi connectivity index (χ4v) is 3.38. The third-order valence-corrected chi connectivity index (χ3v) is 4.52. The van der Waals surface area contributed by atoms with E-state index < -0.39 is 10.9 Å². The number of nitrogens with zero attached hydrogens (tertiary/aromatic N) is 1. The van der Waals surface area contributed by atoms with Crippen molar-refractivity contribution < 1.29 is 14.8 Å². The van der Waals surface area contributed by atoms with Crippen LogP contribution in [0.2, 0.25) is 0 Å². The highest BCUT2D eigenvalue weighted by molar-refractivity contribution is 7.99. The molecule has 0 aliphatic carbocycles. The SMILES string of the molecule is CC(C)c1ccccc1Sc1ccc(/C=C/C(=O)O)cc1[N+](=O)[O-]. The molecule has 2 aromatic carbocycles. The fraction of sp³-hybridized carbons (Fsp3) is 0.167. The molecule has 0 saturated heterocycles. The third kappa shape index (κ3) is 4.45. The van der Waals surface area contributed by atoms with Crippen LogP contribution in [0, 0.1) is 10.1 Å². The third-order valence-electron chi connectivity index (χ3n) is 3.36. The Balaban J connectivity index is 2.40. The lowest BCUT2D eigenvalue weighted by atomic mass is 10.0. The lowest BCUT2D eigenvalue weighted by Crippen LogP contribution is -1.94. The van der Waals surface area contributed by atoms with Crippen molar-refractivity contribution in [1.29, 1.82) is 0 Å². The number of carboxylic acid groups (broad SMARTS) is 1. The summed E-state index contributed by atoms with van der Waals surface area (Å²) in [4.78, 5) is 23.0. The highest BCUT2D eigenvalue weighted by Crippen LogP contribution is 2.38. The van der Waals surface area contributed by atoms with Crippen LogP contribution in [-0.2, 0) is 4.79 Å². The predicted molar refractivity (Wildman–Crippen MR) is 94.4 cm³/mol. The van der Waals surface area contributed by atoms with Gasteiger partial charge in [0, 0.05) is 17.0 Å². The molecule has 0 unspecified atom stereocenters. The van der Waals surface area contributed by atoms with Crippen molar-refractivity contribution in [3.8, 4) is 0 Å². The van der Waals surface area contributed by atoms with E-state index in [9.17, 15) is 14.9 Å². The van der Waals surface area contributed by atoms with Crippen LogP contribution in [0.4, 0.5) is 5.69 Å². The van der Waals surface area contributed by atoms with Crippen LogP contribution in [-0.4, -0.2) is 16.0 Å². The second-order valence-corrected chi connectivity index (χ2v) is 6.53. The lowest BCUT2D eigenvalue weighted by molar-refractivity contribution is -0.387. The highest BCUT2D eigenvalue weighted by Gasteiger charge is 2.17. The Morgan fingerprint density at radius 2 is 1.92 bits per heavy atom. The molecule has 0 aromatic heterocycles. The molecule has 0 aliphatic rings. The number of nitro benzene ring substituents is 1. The highest BCUT2D eigenvalue weighted by atomic mass is 32.2. The first-order valence-corrected chi connectivity index (χ1v) is 8.16. The number of aliphatic carboxylic acids is 1. The summed E-state index contributed by atoms with van der Waals surface area (Å²) in [5, 5.41) is 20.0. The summed E-state index contributed by atoms with van der Waals surface area (Å²) in [5.41, 5.74) is 1.57. The average Bonchev–Trinajstić information content (AvgIpc) is 2.53. The Bertz CT molecular complexity index is 799. The van der Waals surface area contributed by atoms with E-state index in [1.54, 1.807) is 12.1 Å². The van der Waals surface area contributed by atoms with Gasteiger partial charge in [-0.15, -0.1) is 0 Å². The zero-order valence-corrected chi connectivity index (χ0v) is 14.1. The minimum absolute atomic E-state index is 0.0360. The molecule has 124 valence electrons. The number of hydrogen-bond acceptors (Lipinski definition) is 4. The van der Waals surface area contributed by atoms with Gasteiger partial charge in [-0.3, -0.25) is 10.1 Å². The molecule has 6 heteroatoms. The van der Waals surface area contributed by atoms with E-state index in [0.29, 0.717) is 16.4 Å². The smallest absolute Gasteiger partial charge is 0.328 e. The van der Waals surface area contributed by atoms with Gasteiger partial charge in [0.2, 0.25) is 0 Å². The number of nitro groups is 1. The van der Waals surface area contributed by atoms with Gasteiger partial charge < -0.3 is 5.11 Å². The second-order valence-electron chi connectivity index (χ2n) is 5.45. The standard InChI is InChI=1S/C18H17NO4S/c1-12(2)14-5-3-4-6-16(14)24-17-9-7-13(8-10-18(20)21)11-15(17)19(22)23/h3-12H,1-2H3,(H,20,21)/b10-8+. The molecule has 5 nitrogen and oxygen atoms in total. The van der Waals surface area contributed by atoms with E-state index in [0.717, 1.165) is 16.5 Å². The maximum atomic E-state index is 11.4. The molecule has 0 radical (unpaired) electrons. The molecule has 0 atom stereocenters. The lowest BCUT2D eigenvalue weighted by Gasteiger charge is -2.12. The summed E-state index contributed by atoms with van der Waals surface area (Å²) in [6.07, 6.45) is 2.30. The average molecular weight is 343 g/mol. The van der Waals surface area contributed by atoms with Crippen molar-refractivity contribution in [2.24, 2.45) is 0 Å². The summed E-state index contributed by atoms with van der Waals surface area (Å²) >= 11 is 1.35. The predicted octanol–water partition coefficient (Wildman–Crippen LogP) is 4.97. The van der Waals surface area contributed by atoms with Crippen LogP contribution in [0.5, 0.6) is 0 Å². The zero-order chi connectivity index (χ0) is 17.7. The van der Waals surface area contributed by atoms with Gasteiger partial charge in [0.25, 0.3) is 5.69 Å². The van der Waals surface area contributed by atoms with Crippen molar-refractivity contribution >= 4 is 29.5 Å². The summed E-state index contributed by atoms with van der Waals surface area (Å²) in [6.45, 7) is 4.15. The van der Waals surface area contributed by atoms with E-state index in [-0.39, 0.29) is 5.69 Å². The molecule has 0 fully saturated rings. The monoisotopic (exact) mass is 343 g/mol. The number of benzene rings is 2. The minimum atomic E-state index is -1.10. The minimum Gasteiger partial charge on any atom is -0.478 e. The van der Waals surface area contributed by atoms with Gasteiger partial charge in [-0.1, -0.05) is 49.9 Å². The number of hydrogen-bond donors (Lipinski definition) is 1. The zero-order valence-electron chi connectivity index (χ0n) is 13.3. The number of carboxylic acids is 1. The van der Waals surface area contributed by atoms with Crippen molar-refractivity contribution in [2.45, 2.75) is 29.6 Å². The Kier molecular flexibility index (Phi) is 5.76. The first kappa shape index (κ1) is 17.7. The van der Waals surface area contributed by atoms with Crippen LogP contribution < -0.4 is 0 Å². The molecule has 0 heterocycles. The van der Waals surface area contributed by atoms with Gasteiger partial charge in [0.15, 0.2) is 0 Å². The van der Waals surface area contributed by atoms with Crippen LogP contribution >= 0.6 is 11.8 Å². The Morgan fingerprint density at radius 1 is 1.21 bits per heavy atom. The fourth-order valence-electron chi connectivity index (χ4n) is 2.20. The van der Waals surface area contributed by atoms with Crippen LogP contribution in [0.3, 0.4) is 0 Å². The number of carbonyl (C=O) groups is 1. The Labute approximate surface area is 144 Å². The molecule has 0 spiro atoms. The Morgan fingerprint density at radius 3 is 2.54 bits per heavy atom. The van der Waals surface area contributed by atoms with Gasteiger partial charge in [-0.25, -0.2) is 4.79 Å². The topological polar surface area (TPSA) is 80.4 Å². The Hall–Kier alpha value is -2.60. The van der Waals surface area contributed by atoms with Crippen molar-refractivity contribution in [1.82, 2.24) is 0 Å². The van der Waals surface area contributed by atoms with E-state index >= 15 is 0 Å². The summed E-state index contributed by atoms with van der Waals surface area (Å²) in [7, 11) is 0. The van der Waals surface area contributed by atoms with Gasteiger partial charge in [-0.05, 0) is 35.3 Å². The molecule has 1 N–H and O–H groups in total. The first-order valence-electron chi connectivity index (χ1n) is 7.34. The van der Waals surface area contributed by atoms with E-state index in [1.165, 1.54) is 23.9 Å². The number of rotatable bonds is 6. The summed E-state index contributed by atoms with van der Waals surface area (Å²) in [6, 6.07) is 12.5. The van der Waals surface area contributed by atoms with Crippen molar-refractivity contribution in [2.75, 3.05) is 0 Å². The van der Waals surface area contributed by atoms with E-state index in [4.69, 9.17) is 5.11 Å². The van der Waals surface area contributed by atoms with Crippen LogP contribution in [0.15, 0.2) is 58.3 Å². The second kappa shape index (κ2) is 7.79. The van der Waals surface area contributed by atoms with E-state index in [1.807, 2.05) is 24.3 Å². The molecule has 24 heavy (non-hydrogen) atoms. The van der Waals surface area contributed by atoms with Gasteiger partial charge >= 0.3 is 5.97 Å². The van der Waals surface area contributed by atoms with Gasteiger partial charge in [0.05, 0.1) is 9.82 Å². The maximum absolute atomic E-state index is 11.4. The molecule has 0 saturated carbocycles. The molecular weight excluding hydrogens is 326 g/mol. The van der Waals surface area contributed by atoms with Gasteiger partial charge in [0.1, 0.15) is 0 Å². The molecule has 0 bridgehead atoms. The summed E-state index contributed by atoms with van der Waals surface area (Å²) < 4.78 is 0. The summed E-state index contributed by atoms with van der Waals surface area (Å²) in [5.74, 6) is -0.785. The largest absolute Gasteiger partial charge is 0.478 e. The van der Waals surface area contributed by atoms with Crippen LogP contribution in [0.1, 0.15) is 30.9 Å². The van der Waals surface area contributed by atoms with Crippen molar-refractivity contribution in [3.05, 3.63) is 69.8 Å².